The summed E-state index contributed by atoms with van der Waals surface area (Å²) < 4.78 is 31.7. The smallest absolute Gasteiger partial charge is 0.321 e. The lowest BCUT2D eigenvalue weighted by atomic mass is 9.75. The molecule has 2 heterocycles. The van der Waals surface area contributed by atoms with Gasteiger partial charge < -0.3 is 4.74 Å². The van der Waals surface area contributed by atoms with Crippen molar-refractivity contribution < 1.29 is 18.4 Å². The van der Waals surface area contributed by atoms with E-state index in [0.717, 1.165) is 6.33 Å². The Kier molecular flexibility index (Phi) is 3.57. The molecular formula is C13H12F2N4O3. The van der Waals surface area contributed by atoms with E-state index < -0.39 is 16.9 Å². The van der Waals surface area contributed by atoms with Crippen molar-refractivity contribution in [2.45, 2.75) is 18.4 Å². The third kappa shape index (κ3) is 2.43. The van der Waals surface area contributed by atoms with Crippen LogP contribution in [0.2, 0.25) is 0 Å². The third-order valence-corrected chi connectivity index (χ3v) is 3.78. The van der Waals surface area contributed by atoms with Crippen LogP contribution >= 0.6 is 0 Å². The number of hydrogen-bond donors (Lipinski definition) is 0. The highest BCUT2D eigenvalue weighted by Gasteiger charge is 2.42. The zero-order valence-electron chi connectivity index (χ0n) is 11.4. The van der Waals surface area contributed by atoms with Gasteiger partial charge in [-0.05, 0) is 5.56 Å². The Morgan fingerprint density at radius 2 is 2.23 bits per heavy atom. The molecule has 0 saturated carbocycles. The van der Waals surface area contributed by atoms with E-state index in [-0.39, 0.29) is 17.9 Å². The Morgan fingerprint density at radius 3 is 2.82 bits per heavy atom. The van der Waals surface area contributed by atoms with E-state index in [4.69, 9.17) is 4.74 Å². The molecule has 0 bridgehead atoms. The van der Waals surface area contributed by atoms with Gasteiger partial charge in [-0.2, -0.15) is 8.78 Å². The van der Waals surface area contributed by atoms with Crippen molar-refractivity contribution in [3.05, 3.63) is 52.1 Å². The van der Waals surface area contributed by atoms with Crippen LogP contribution in [0, 0.1) is 10.1 Å². The summed E-state index contributed by atoms with van der Waals surface area (Å²) in [5, 5.41) is 18.1. The van der Waals surface area contributed by atoms with Crippen molar-refractivity contribution in [1.82, 2.24) is 14.8 Å². The van der Waals surface area contributed by atoms with Gasteiger partial charge in [0, 0.05) is 24.0 Å². The van der Waals surface area contributed by atoms with Crippen LogP contribution in [-0.4, -0.2) is 32.9 Å². The Labute approximate surface area is 123 Å². The second-order valence-electron chi connectivity index (χ2n) is 5.19. The molecular weight excluding hydrogens is 298 g/mol. The number of aromatic nitrogens is 3. The van der Waals surface area contributed by atoms with Crippen molar-refractivity contribution in [2.24, 2.45) is 0 Å². The van der Waals surface area contributed by atoms with Gasteiger partial charge >= 0.3 is 6.55 Å². The van der Waals surface area contributed by atoms with Gasteiger partial charge in [-0.15, -0.1) is 10.2 Å². The van der Waals surface area contributed by atoms with E-state index in [1.165, 1.54) is 12.1 Å². The van der Waals surface area contributed by atoms with Crippen LogP contribution in [0.25, 0.3) is 0 Å². The topological polar surface area (TPSA) is 83.1 Å². The molecule has 1 aliphatic heterocycles. The second-order valence-corrected chi connectivity index (χ2v) is 5.19. The SMILES string of the molecule is O=[N+]([O-])c1cccc(C2(Cc3nncn3C(F)F)COC2)c1. The van der Waals surface area contributed by atoms with Gasteiger partial charge in [-0.3, -0.25) is 14.7 Å². The van der Waals surface area contributed by atoms with Gasteiger partial charge in [0.1, 0.15) is 12.2 Å². The van der Waals surface area contributed by atoms with E-state index in [9.17, 15) is 18.9 Å². The number of nitro groups is 1. The molecule has 1 saturated heterocycles. The molecule has 1 aromatic carbocycles. The van der Waals surface area contributed by atoms with E-state index in [1.807, 2.05) is 0 Å². The summed E-state index contributed by atoms with van der Waals surface area (Å²) in [5.41, 5.74) is 0.0435. The van der Waals surface area contributed by atoms with E-state index in [0.29, 0.717) is 23.3 Å². The molecule has 0 amide bonds. The quantitative estimate of drug-likeness (QED) is 0.624. The van der Waals surface area contributed by atoms with Crippen LogP contribution in [0.5, 0.6) is 0 Å². The highest BCUT2D eigenvalue weighted by Crippen LogP contribution is 2.37. The minimum absolute atomic E-state index is 0.0425. The van der Waals surface area contributed by atoms with Gasteiger partial charge in [0.05, 0.1) is 18.1 Å². The Morgan fingerprint density at radius 1 is 1.45 bits per heavy atom. The van der Waals surface area contributed by atoms with Crippen molar-refractivity contribution in [1.29, 1.82) is 0 Å². The van der Waals surface area contributed by atoms with Crippen molar-refractivity contribution in [2.75, 3.05) is 13.2 Å². The van der Waals surface area contributed by atoms with E-state index in [2.05, 4.69) is 10.2 Å². The molecule has 7 nitrogen and oxygen atoms in total. The Hall–Kier alpha value is -2.42. The average molecular weight is 310 g/mol. The lowest BCUT2D eigenvalue weighted by Gasteiger charge is -2.41. The largest absolute Gasteiger partial charge is 0.379 e. The fourth-order valence-corrected chi connectivity index (χ4v) is 2.53. The van der Waals surface area contributed by atoms with Crippen LogP contribution in [-0.2, 0) is 16.6 Å². The number of ether oxygens (including phenoxy) is 1. The van der Waals surface area contributed by atoms with Crippen LogP contribution in [0.15, 0.2) is 30.6 Å². The van der Waals surface area contributed by atoms with Crippen molar-refractivity contribution in [3.8, 4) is 0 Å². The monoisotopic (exact) mass is 310 g/mol. The summed E-state index contributed by atoms with van der Waals surface area (Å²) in [6.07, 6.45) is 1.15. The number of alkyl halides is 2. The number of nitrogens with zero attached hydrogens (tertiary/aromatic N) is 4. The van der Waals surface area contributed by atoms with Gasteiger partial charge in [-0.25, -0.2) is 0 Å². The predicted octanol–water partition coefficient (Wildman–Crippen LogP) is 2.09. The lowest BCUT2D eigenvalue weighted by molar-refractivity contribution is -0.385. The molecule has 3 rings (SSSR count). The number of hydrogen-bond acceptors (Lipinski definition) is 5. The molecule has 9 heteroatoms. The Bertz CT molecular complexity index is 700. The summed E-state index contributed by atoms with van der Waals surface area (Å²) >= 11 is 0. The molecule has 1 fully saturated rings. The fourth-order valence-electron chi connectivity index (χ4n) is 2.53. The van der Waals surface area contributed by atoms with Crippen molar-refractivity contribution in [3.63, 3.8) is 0 Å². The molecule has 0 radical (unpaired) electrons. The van der Waals surface area contributed by atoms with Crippen LogP contribution in [0.4, 0.5) is 14.5 Å². The summed E-state index contributed by atoms with van der Waals surface area (Å²) in [7, 11) is 0. The predicted molar refractivity (Wildman–Crippen MR) is 70.6 cm³/mol. The van der Waals surface area contributed by atoms with Gasteiger partial charge in [-0.1, -0.05) is 12.1 Å². The molecule has 1 aliphatic rings. The second kappa shape index (κ2) is 5.41. The molecule has 1 aromatic heterocycles. The molecule has 0 atom stereocenters. The number of halogens is 2. The number of rotatable bonds is 5. The third-order valence-electron chi connectivity index (χ3n) is 3.78. The average Bonchev–Trinajstić information content (AvgIpc) is 2.91. The molecule has 0 N–H and O–H groups in total. The van der Waals surface area contributed by atoms with Gasteiger partial charge in [0.2, 0.25) is 0 Å². The van der Waals surface area contributed by atoms with E-state index >= 15 is 0 Å². The molecule has 22 heavy (non-hydrogen) atoms. The van der Waals surface area contributed by atoms with Crippen LogP contribution in [0.1, 0.15) is 17.9 Å². The molecule has 116 valence electrons. The minimum atomic E-state index is -2.73. The normalized spacial score (nSPS) is 16.5. The zero-order valence-corrected chi connectivity index (χ0v) is 11.4. The van der Waals surface area contributed by atoms with Gasteiger partial charge in [0.15, 0.2) is 0 Å². The van der Waals surface area contributed by atoms with Crippen LogP contribution in [0.3, 0.4) is 0 Å². The van der Waals surface area contributed by atoms with Gasteiger partial charge in [0.25, 0.3) is 5.69 Å². The number of non-ortho nitro benzene ring substituents is 1. The fraction of sp³-hybridized carbons (Fsp3) is 0.385. The number of benzene rings is 1. The standard InChI is InChI=1S/C13H12F2N4O3/c14-12(15)18-8-16-17-11(18)5-13(6-22-7-13)9-2-1-3-10(4-9)19(20)21/h1-4,8,12H,5-7H2. The molecule has 0 spiro atoms. The minimum Gasteiger partial charge on any atom is -0.379 e. The first-order valence-electron chi connectivity index (χ1n) is 6.51. The van der Waals surface area contributed by atoms with Crippen molar-refractivity contribution >= 4 is 5.69 Å². The summed E-state index contributed by atoms with van der Waals surface area (Å²) in [6.45, 7) is -2.14. The zero-order chi connectivity index (χ0) is 15.7. The molecule has 0 unspecified atom stereocenters. The first kappa shape index (κ1) is 14.5. The maximum atomic E-state index is 12.9. The number of nitro benzene ring substituents is 1. The summed E-state index contributed by atoms with van der Waals surface area (Å²) in [5.74, 6) is 0.129. The maximum Gasteiger partial charge on any atom is 0.321 e. The highest BCUT2D eigenvalue weighted by atomic mass is 19.3. The van der Waals surface area contributed by atoms with Crippen LogP contribution < -0.4 is 0 Å². The highest BCUT2D eigenvalue weighted by molar-refractivity contribution is 5.40. The lowest BCUT2D eigenvalue weighted by Crippen LogP contribution is -2.49. The summed E-state index contributed by atoms with van der Waals surface area (Å²) in [6, 6.07) is 6.15. The summed E-state index contributed by atoms with van der Waals surface area (Å²) in [4.78, 5) is 10.4. The Balaban J connectivity index is 1.94. The molecule has 2 aromatic rings. The van der Waals surface area contributed by atoms with E-state index in [1.54, 1.807) is 12.1 Å². The first-order valence-corrected chi connectivity index (χ1v) is 6.51. The molecule has 0 aliphatic carbocycles. The first-order chi connectivity index (χ1) is 10.5. The maximum absolute atomic E-state index is 12.9.